The molecule has 20 heavy (non-hydrogen) atoms. The van der Waals surface area contributed by atoms with Crippen molar-refractivity contribution in [1.29, 1.82) is 0 Å². The Morgan fingerprint density at radius 3 is 2.80 bits per heavy atom. The molecule has 0 fully saturated rings. The van der Waals surface area contributed by atoms with Crippen molar-refractivity contribution >= 4 is 28.2 Å². The highest BCUT2D eigenvalue weighted by Gasteiger charge is 2.07. The van der Waals surface area contributed by atoms with Crippen LogP contribution in [-0.2, 0) is 0 Å². The molecule has 0 aliphatic rings. The van der Waals surface area contributed by atoms with Crippen LogP contribution in [0.4, 0.5) is 17.2 Å². The van der Waals surface area contributed by atoms with Crippen molar-refractivity contribution in [3.63, 3.8) is 0 Å². The molecule has 0 saturated carbocycles. The van der Waals surface area contributed by atoms with Gasteiger partial charge in [0, 0.05) is 31.2 Å². The SMILES string of the molecule is Cc1cc2c(Nc3cccc(N(C)C)c3)ncnc2[nH]1. The molecule has 0 bridgehead atoms. The third kappa shape index (κ3) is 2.30. The van der Waals surface area contributed by atoms with E-state index < -0.39 is 0 Å². The molecule has 3 rings (SSSR count). The van der Waals surface area contributed by atoms with E-state index in [0.717, 1.165) is 33.9 Å². The predicted molar refractivity (Wildman–Crippen MR) is 82.7 cm³/mol. The first-order valence-corrected chi connectivity index (χ1v) is 6.48. The van der Waals surface area contributed by atoms with Gasteiger partial charge in [0.1, 0.15) is 17.8 Å². The average Bonchev–Trinajstić information content (AvgIpc) is 2.80. The number of aryl methyl sites for hydroxylation is 1. The van der Waals surface area contributed by atoms with Crippen LogP contribution in [-0.4, -0.2) is 29.0 Å². The lowest BCUT2D eigenvalue weighted by molar-refractivity contribution is 1.13. The second-order valence-electron chi connectivity index (χ2n) is 5.01. The van der Waals surface area contributed by atoms with Crippen molar-refractivity contribution in [2.45, 2.75) is 6.92 Å². The number of rotatable bonds is 3. The Kier molecular flexibility index (Phi) is 3.02. The number of aromatic nitrogens is 3. The van der Waals surface area contributed by atoms with E-state index >= 15 is 0 Å². The van der Waals surface area contributed by atoms with Gasteiger partial charge in [0.25, 0.3) is 0 Å². The number of fused-ring (bicyclic) bond motifs is 1. The Morgan fingerprint density at radius 1 is 1.15 bits per heavy atom. The largest absolute Gasteiger partial charge is 0.378 e. The van der Waals surface area contributed by atoms with Crippen molar-refractivity contribution in [3.05, 3.63) is 42.4 Å². The van der Waals surface area contributed by atoms with Gasteiger partial charge in [0.2, 0.25) is 0 Å². The van der Waals surface area contributed by atoms with E-state index in [1.54, 1.807) is 6.33 Å². The van der Waals surface area contributed by atoms with Crippen LogP contribution in [0.25, 0.3) is 11.0 Å². The Morgan fingerprint density at radius 2 is 2.00 bits per heavy atom. The lowest BCUT2D eigenvalue weighted by Gasteiger charge is -2.14. The molecular weight excluding hydrogens is 250 g/mol. The smallest absolute Gasteiger partial charge is 0.143 e. The van der Waals surface area contributed by atoms with Crippen LogP contribution in [0, 0.1) is 6.92 Å². The number of nitrogens with zero attached hydrogens (tertiary/aromatic N) is 3. The van der Waals surface area contributed by atoms with E-state index in [1.165, 1.54) is 0 Å². The number of aromatic amines is 1. The topological polar surface area (TPSA) is 56.8 Å². The molecule has 5 nitrogen and oxygen atoms in total. The van der Waals surface area contributed by atoms with E-state index in [0.29, 0.717) is 0 Å². The van der Waals surface area contributed by atoms with Crippen molar-refractivity contribution in [1.82, 2.24) is 15.0 Å². The molecule has 0 spiro atoms. The number of H-pyrrole nitrogens is 1. The summed E-state index contributed by atoms with van der Waals surface area (Å²) in [5, 5.41) is 4.36. The van der Waals surface area contributed by atoms with Gasteiger partial charge in [0.15, 0.2) is 0 Å². The molecule has 5 heteroatoms. The van der Waals surface area contributed by atoms with Gasteiger partial charge in [-0.2, -0.15) is 0 Å². The van der Waals surface area contributed by atoms with Crippen LogP contribution in [0.5, 0.6) is 0 Å². The van der Waals surface area contributed by atoms with E-state index in [-0.39, 0.29) is 0 Å². The van der Waals surface area contributed by atoms with Crippen LogP contribution in [0.1, 0.15) is 5.69 Å². The van der Waals surface area contributed by atoms with Gasteiger partial charge in [-0.3, -0.25) is 0 Å². The fraction of sp³-hybridized carbons (Fsp3) is 0.200. The molecule has 0 aliphatic heterocycles. The lowest BCUT2D eigenvalue weighted by atomic mass is 10.2. The molecule has 0 aliphatic carbocycles. The van der Waals surface area contributed by atoms with Gasteiger partial charge >= 0.3 is 0 Å². The summed E-state index contributed by atoms with van der Waals surface area (Å²) in [6, 6.07) is 10.3. The third-order valence-electron chi connectivity index (χ3n) is 3.19. The van der Waals surface area contributed by atoms with Gasteiger partial charge in [-0.25, -0.2) is 9.97 Å². The second-order valence-corrected chi connectivity index (χ2v) is 5.01. The van der Waals surface area contributed by atoms with Gasteiger partial charge in [0.05, 0.1) is 5.39 Å². The number of nitrogens with one attached hydrogen (secondary N) is 2. The molecule has 1 aromatic carbocycles. The summed E-state index contributed by atoms with van der Waals surface area (Å²) < 4.78 is 0. The third-order valence-corrected chi connectivity index (χ3v) is 3.19. The van der Waals surface area contributed by atoms with Crippen LogP contribution in [0.15, 0.2) is 36.7 Å². The minimum absolute atomic E-state index is 0.815. The quantitative estimate of drug-likeness (QED) is 0.765. The molecule has 2 aromatic heterocycles. The zero-order chi connectivity index (χ0) is 14.1. The molecule has 2 N–H and O–H groups in total. The van der Waals surface area contributed by atoms with Crippen LogP contribution >= 0.6 is 0 Å². The van der Waals surface area contributed by atoms with Gasteiger partial charge in [-0.15, -0.1) is 0 Å². The minimum atomic E-state index is 0.815. The van der Waals surface area contributed by atoms with Crippen LogP contribution in [0.3, 0.4) is 0 Å². The van der Waals surface area contributed by atoms with Crippen molar-refractivity contribution in [2.24, 2.45) is 0 Å². The number of benzene rings is 1. The summed E-state index contributed by atoms with van der Waals surface area (Å²) in [5.41, 5.74) is 4.08. The molecule has 0 saturated heterocycles. The van der Waals surface area contributed by atoms with Crippen LogP contribution < -0.4 is 10.2 Å². The Labute approximate surface area is 117 Å². The summed E-state index contributed by atoms with van der Waals surface area (Å²) in [6.45, 7) is 2.01. The van der Waals surface area contributed by atoms with Crippen molar-refractivity contribution in [2.75, 3.05) is 24.3 Å². The first-order valence-electron chi connectivity index (χ1n) is 6.48. The maximum Gasteiger partial charge on any atom is 0.143 e. The highest BCUT2D eigenvalue weighted by molar-refractivity contribution is 5.89. The van der Waals surface area contributed by atoms with E-state index in [9.17, 15) is 0 Å². The molecule has 0 atom stereocenters. The summed E-state index contributed by atoms with van der Waals surface area (Å²) >= 11 is 0. The normalized spacial score (nSPS) is 10.8. The van der Waals surface area contributed by atoms with Crippen LogP contribution in [0.2, 0.25) is 0 Å². The monoisotopic (exact) mass is 267 g/mol. The number of hydrogen-bond acceptors (Lipinski definition) is 4. The van der Waals surface area contributed by atoms with Gasteiger partial charge < -0.3 is 15.2 Å². The maximum atomic E-state index is 4.33. The molecule has 0 unspecified atom stereocenters. The Hall–Kier alpha value is -2.56. The molecule has 2 heterocycles. The van der Waals surface area contributed by atoms with Crippen molar-refractivity contribution < 1.29 is 0 Å². The maximum absolute atomic E-state index is 4.33. The molecular formula is C15H17N5. The zero-order valence-electron chi connectivity index (χ0n) is 11.8. The van der Waals surface area contributed by atoms with Gasteiger partial charge in [-0.05, 0) is 31.2 Å². The summed E-state index contributed by atoms with van der Waals surface area (Å²) in [6.07, 6.45) is 1.57. The van der Waals surface area contributed by atoms with Crippen molar-refractivity contribution in [3.8, 4) is 0 Å². The lowest BCUT2D eigenvalue weighted by Crippen LogP contribution is -2.08. The second kappa shape index (κ2) is 4.85. The highest BCUT2D eigenvalue weighted by Crippen LogP contribution is 2.25. The highest BCUT2D eigenvalue weighted by atomic mass is 15.1. The average molecular weight is 267 g/mol. The van der Waals surface area contributed by atoms with E-state index in [2.05, 4.69) is 37.3 Å². The first-order chi connectivity index (χ1) is 9.63. The molecule has 102 valence electrons. The molecule has 3 aromatic rings. The van der Waals surface area contributed by atoms with E-state index in [4.69, 9.17) is 0 Å². The van der Waals surface area contributed by atoms with Gasteiger partial charge in [-0.1, -0.05) is 6.07 Å². The number of hydrogen-bond donors (Lipinski definition) is 2. The predicted octanol–water partition coefficient (Wildman–Crippen LogP) is 3.08. The Bertz CT molecular complexity index is 745. The summed E-state index contributed by atoms with van der Waals surface area (Å²) in [4.78, 5) is 13.9. The fourth-order valence-corrected chi connectivity index (χ4v) is 2.17. The first kappa shape index (κ1) is 12.5. The summed E-state index contributed by atoms with van der Waals surface area (Å²) in [7, 11) is 4.05. The van der Waals surface area contributed by atoms with E-state index in [1.807, 2.05) is 39.2 Å². The Balaban J connectivity index is 1.99. The fourth-order valence-electron chi connectivity index (χ4n) is 2.17. The number of anilines is 3. The zero-order valence-corrected chi connectivity index (χ0v) is 11.8. The molecule has 0 amide bonds. The standard InChI is InChI=1S/C15H17N5/c1-10-7-13-14(18-10)16-9-17-15(13)19-11-5-4-6-12(8-11)20(2)3/h4-9H,1-3H3,(H2,16,17,18,19). The molecule has 0 radical (unpaired) electrons. The minimum Gasteiger partial charge on any atom is -0.378 e. The summed E-state index contributed by atoms with van der Waals surface area (Å²) in [5.74, 6) is 0.815.